The van der Waals surface area contributed by atoms with Gasteiger partial charge in [-0.25, -0.2) is 0 Å². The summed E-state index contributed by atoms with van der Waals surface area (Å²) in [5, 5.41) is 21.5. The lowest BCUT2D eigenvalue weighted by Gasteiger charge is -2.58. The molecule has 3 fully saturated rings. The molecule has 0 aromatic heterocycles. The van der Waals surface area contributed by atoms with Crippen molar-refractivity contribution >= 4 is 5.97 Å². The predicted octanol–water partition coefficient (Wildman–Crippen LogP) is 2.47. The van der Waals surface area contributed by atoms with Gasteiger partial charge in [-0.3, -0.25) is 10.3 Å². The second-order valence-electron chi connectivity index (χ2n) is 9.90. The molecule has 5 heteroatoms. The molecule has 0 aromatic carbocycles. The number of aliphatic hydroxyl groups is 1. The van der Waals surface area contributed by atoms with E-state index < -0.39 is 18.2 Å². The maximum Gasteiger partial charge on any atom is 0.114 e. The van der Waals surface area contributed by atoms with Crippen LogP contribution in [0.5, 0.6) is 0 Å². The Labute approximate surface area is 161 Å². The molecular weight excluding hydrogens is 342 g/mol. The van der Waals surface area contributed by atoms with Gasteiger partial charge in [-0.1, -0.05) is 25.5 Å². The third-order valence-corrected chi connectivity index (χ3v) is 8.75. The number of carboxylic acids is 1. The van der Waals surface area contributed by atoms with Crippen LogP contribution in [0.4, 0.5) is 0 Å². The zero-order valence-electron chi connectivity index (χ0n) is 16.7. The molecule has 27 heavy (non-hydrogen) atoms. The third-order valence-electron chi connectivity index (χ3n) is 8.75. The molecule has 0 saturated heterocycles. The monoisotopic (exact) mass is 374 g/mol. The van der Waals surface area contributed by atoms with Gasteiger partial charge < -0.3 is 15.0 Å². The fourth-order valence-electron chi connectivity index (χ4n) is 6.91. The van der Waals surface area contributed by atoms with Gasteiger partial charge in [0.25, 0.3) is 0 Å². The zero-order chi connectivity index (χ0) is 19.4. The number of hydrogen-bond acceptors (Lipinski definition) is 5. The zero-order valence-corrected chi connectivity index (χ0v) is 16.7. The van der Waals surface area contributed by atoms with Crippen LogP contribution in [0.1, 0.15) is 65.7 Å². The van der Waals surface area contributed by atoms with Crippen LogP contribution in [0.3, 0.4) is 0 Å². The molecular formula is C22H32NO4-. The minimum Gasteiger partial charge on any atom is -0.548 e. The summed E-state index contributed by atoms with van der Waals surface area (Å²) in [6.45, 7) is 6.33. The van der Waals surface area contributed by atoms with Crippen molar-refractivity contribution in [2.75, 3.05) is 6.61 Å². The maximum absolute atomic E-state index is 11.0. The van der Waals surface area contributed by atoms with Crippen LogP contribution in [-0.2, 0) is 9.63 Å². The van der Waals surface area contributed by atoms with E-state index in [1.54, 1.807) is 0 Å². The minimum atomic E-state index is -1.23. The number of nitrogens with one attached hydrogen (secondary N) is 1. The van der Waals surface area contributed by atoms with E-state index in [4.69, 9.17) is 4.84 Å². The van der Waals surface area contributed by atoms with Crippen LogP contribution in [-0.4, -0.2) is 23.3 Å². The molecule has 4 rings (SSSR count). The van der Waals surface area contributed by atoms with Gasteiger partial charge in [0.1, 0.15) is 6.61 Å². The lowest BCUT2D eigenvalue weighted by molar-refractivity contribution is -0.310. The number of aliphatic carboxylic acids is 1. The van der Waals surface area contributed by atoms with Crippen molar-refractivity contribution in [2.24, 2.45) is 28.6 Å². The number of allylic oxidation sites excluding steroid dienone is 3. The largest absolute Gasteiger partial charge is 0.548 e. The van der Waals surface area contributed by atoms with Crippen LogP contribution in [0.25, 0.3) is 0 Å². The summed E-state index contributed by atoms with van der Waals surface area (Å²) >= 11 is 0. The van der Waals surface area contributed by atoms with Crippen molar-refractivity contribution in [3.8, 4) is 0 Å². The van der Waals surface area contributed by atoms with Crippen LogP contribution in [0.15, 0.2) is 23.4 Å². The van der Waals surface area contributed by atoms with E-state index in [0.29, 0.717) is 17.8 Å². The van der Waals surface area contributed by atoms with Gasteiger partial charge in [0, 0.05) is 0 Å². The van der Waals surface area contributed by atoms with Gasteiger partial charge in [0.15, 0.2) is 0 Å². The molecule has 3 saturated carbocycles. The molecule has 4 aliphatic rings. The van der Waals surface area contributed by atoms with Crippen molar-refractivity contribution < 1.29 is 19.8 Å². The van der Waals surface area contributed by atoms with E-state index in [2.05, 4.69) is 38.4 Å². The number of carbonyl (C=O) groups excluding carboxylic acids is 1. The Hall–Kier alpha value is -1.33. The summed E-state index contributed by atoms with van der Waals surface area (Å²) in [5.74, 6) is 0.748. The number of hydroxylamine groups is 1. The quantitative estimate of drug-likeness (QED) is 0.739. The lowest BCUT2D eigenvalue weighted by atomic mass is 9.47. The summed E-state index contributed by atoms with van der Waals surface area (Å²) in [5.41, 5.74) is 4.76. The van der Waals surface area contributed by atoms with Crippen molar-refractivity contribution in [2.45, 2.75) is 71.3 Å². The topological polar surface area (TPSA) is 81.6 Å². The second-order valence-corrected chi connectivity index (χ2v) is 9.90. The molecule has 0 radical (unpaired) electrons. The lowest BCUT2D eigenvalue weighted by Crippen LogP contribution is -2.53. The van der Waals surface area contributed by atoms with Gasteiger partial charge in [-0.05, 0) is 86.5 Å². The highest BCUT2D eigenvalue weighted by Crippen LogP contribution is 2.67. The minimum absolute atomic E-state index is 0.0572. The number of hydrogen-bond donors (Lipinski definition) is 2. The standard InChI is InChI=1S/C22H33NO4/c1-20-9-6-15(23-27-13-19(24)25)12-14(20)4-5-16-17(20)7-10-21(2)18(16)8-11-22(21,3)26/h6,12,16-18,23,26H,4-5,7-11,13H2,1-3H3,(H,24,25)/p-1/t16-,17+,18-,20+,21-,22+/m0/s1. The average Bonchev–Trinajstić information content (AvgIpc) is 2.84. The van der Waals surface area contributed by atoms with E-state index in [0.717, 1.165) is 37.8 Å². The van der Waals surface area contributed by atoms with E-state index in [1.807, 2.05) is 0 Å². The molecule has 150 valence electrons. The van der Waals surface area contributed by atoms with Crippen molar-refractivity contribution in [3.63, 3.8) is 0 Å². The van der Waals surface area contributed by atoms with E-state index in [-0.39, 0.29) is 10.8 Å². The SMILES string of the molecule is C[C@]12CC[C@@H]3[C@H](CCC4=CC(NOCC(=O)[O-])=CC[C@]43C)[C@@H]1CC[C@@]2(C)O. The normalized spacial score (nSPS) is 45.9. The van der Waals surface area contributed by atoms with Crippen molar-refractivity contribution in [1.82, 2.24) is 5.48 Å². The molecule has 6 atom stereocenters. The molecule has 5 nitrogen and oxygen atoms in total. The Morgan fingerprint density at radius 2 is 2.00 bits per heavy atom. The molecule has 2 N–H and O–H groups in total. The molecule has 0 unspecified atom stereocenters. The first-order chi connectivity index (χ1) is 12.7. The number of rotatable bonds is 4. The van der Waals surface area contributed by atoms with Crippen LogP contribution >= 0.6 is 0 Å². The van der Waals surface area contributed by atoms with Crippen LogP contribution in [0, 0.1) is 28.6 Å². The Morgan fingerprint density at radius 1 is 1.26 bits per heavy atom. The molecule has 4 aliphatic carbocycles. The van der Waals surface area contributed by atoms with Gasteiger partial charge in [0.2, 0.25) is 0 Å². The second kappa shape index (κ2) is 6.35. The van der Waals surface area contributed by atoms with Crippen LogP contribution < -0.4 is 10.6 Å². The Kier molecular flexibility index (Phi) is 4.47. The molecule has 0 bridgehead atoms. The Morgan fingerprint density at radius 3 is 2.74 bits per heavy atom. The predicted molar refractivity (Wildman–Crippen MR) is 99.9 cm³/mol. The molecule has 0 heterocycles. The average molecular weight is 375 g/mol. The highest BCUT2D eigenvalue weighted by Gasteiger charge is 2.62. The van der Waals surface area contributed by atoms with Gasteiger partial charge in [0.05, 0.1) is 17.3 Å². The highest BCUT2D eigenvalue weighted by atomic mass is 16.7. The Balaban J connectivity index is 1.52. The number of carbonyl (C=O) groups is 1. The van der Waals surface area contributed by atoms with Gasteiger partial charge in [-0.15, -0.1) is 0 Å². The summed E-state index contributed by atoms with van der Waals surface area (Å²) in [6, 6.07) is 0. The third kappa shape index (κ3) is 2.85. The van der Waals surface area contributed by atoms with E-state index >= 15 is 0 Å². The molecule has 0 aliphatic heterocycles. The number of fused-ring (bicyclic) bond motifs is 5. The number of carboxylic acid groups (broad SMARTS) is 1. The van der Waals surface area contributed by atoms with E-state index in [9.17, 15) is 15.0 Å². The fraction of sp³-hybridized carbons (Fsp3) is 0.773. The van der Waals surface area contributed by atoms with Gasteiger partial charge in [-0.2, -0.15) is 0 Å². The molecule has 0 amide bonds. The van der Waals surface area contributed by atoms with E-state index in [1.165, 1.54) is 18.4 Å². The molecule has 0 aromatic rings. The smallest absolute Gasteiger partial charge is 0.114 e. The van der Waals surface area contributed by atoms with Crippen molar-refractivity contribution in [3.05, 3.63) is 23.4 Å². The summed E-state index contributed by atoms with van der Waals surface area (Å²) in [6.07, 6.45) is 11.9. The Bertz CT molecular complexity index is 696. The first-order valence-electron chi connectivity index (χ1n) is 10.4. The summed E-state index contributed by atoms with van der Waals surface area (Å²) in [4.78, 5) is 15.5. The molecule has 0 spiro atoms. The fourth-order valence-corrected chi connectivity index (χ4v) is 6.91. The summed E-state index contributed by atoms with van der Waals surface area (Å²) < 4.78 is 0. The maximum atomic E-state index is 11.0. The van der Waals surface area contributed by atoms with Gasteiger partial charge >= 0.3 is 0 Å². The summed E-state index contributed by atoms with van der Waals surface area (Å²) in [7, 11) is 0. The first-order valence-corrected chi connectivity index (χ1v) is 10.4. The first kappa shape index (κ1) is 19.0. The highest BCUT2D eigenvalue weighted by molar-refractivity contribution is 5.65. The van der Waals surface area contributed by atoms with Crippen LogP contribution in [0.2, 0.25) is 0 Å². The van der Waals surface area contributed by atoms with Crippen molar-refractivity contribution in [1.29, 1.82) is 0 Å².